The fourth-order valence-corrected chi connectivity index (χ4v) is 4.48. The maximum Gasteiger partial charge on any atom is 0.314 e. The van der Waals surface area contributed by atoms with Crippen molar-refractivity contribution in [2.24, 2.45) is 10.8 Å². The maximum absolute atomic E-state index is 11.3. The average Bonchev–Trinajstić information content (AvgIpc) is 3.17. The van der Waals surface area contributed by atoms with Gasteiger partial charge in [-0.25, -0.2) is 4.79 Å². The first-order chi connectivity index (χ1) is 15.0. The summed E-state index contributed by atoms with van der Waals surface area (Å²) in [5, 5.41) is 8.52. The van der Waals surface area contributed by atoms with Crippen LogP contribution in [-0.4, -0.2) is 47.4 Å². The molecule has 1 fully saturated rings. The van der Waals surface area contributed by atoms with Crippen LogP contribution in [0, 0.1) is 6.92 Å². The van der Waals surface area contributed by atoms with Gasteiger partial charge in [0.05, 0.1) is 0 Å². The fourth-order valence-electron chi connectivity index (χ4n) is 4.48. The van der Waals surface area contributed by atoms with Crippen LogP contribution in [0.15, 0.2) is 65.5 Å². The van der Waals surface area contributed by atoms with Crippen molar-refractivity contribution in [3.63, 3.8) is 0 Å². The van der Waals surface area contributed by atoms with Crippen molar-refractivity contribution in [3.8, 4) is 11.1 Å². The summed E-state index contributed by atoms with van der Waals surface area (Å²) in [6.45, 7) is 7.40. The van der Waals surface area contributed by atoms with E-state index in [1.807, 2.05) is 6.21 Å². The number of piperidine rings is 1. The Morgan fingerprint density at radius 3 is 2.68 bits per heavy atom. The molecule has 31 heavy (non-hydrogen) atoms. The largest absolute Gasteiger partial charge is 0.376 e. The lowest BCUT2D eigenvalue weighted by Crippen LogP contribution is -2.46. The maximum atomic E-state index is 11.3. The number of carbonyl (C=O) groups excluding carboxylic acids is 1. The number of nitrogens with two attached hydrogens (primary N) is 1. The first-order valence-corrected chi connectivity index (χ1v) is 11.1. The summed E-state index contributed by atoms with van der Waals surface area (Å²) in [5.41, 5.74) is 11.5. The molecule has 0 radical (unpaired) electrons. The van der Waals surface area contributed by atoms with Gasteiger partial charge in [0, 0.05) is 24.7 Å². The van der Waals surface area contributed by atoms with E-state index in [2.05, 4.69) is 73.9 Å². The molecule has 2 aliphatic heterocycles. The van der Waals surface area contributed by atoms with Crippen molar-refractivity contribution in [1.82, 2.24) is 10.2 Å². The van der Waals surface area contributed by atoms with Gasteiger partial charge in [-0.05, 0) is 37.8 Å². The average molecular weight is 419 g/mol. The Labute approximate surface area is 184 Å². The zero-order valence-electron chi connectivity index (χ0n) is 18.4. The highest BCUT2D eigenvalue weighted by Crippen LogP contribution is 2.30. The van der Waals surface area contributed by atoms with Crippen molar-refractivity contribution < 1.29 is 9.39 Å². The van der Waals surface area contributed by atoms with Crippen LogP contribution in [0.2, 0.25) is 0 Å². The third-order valence-electron chi connectivity index (χ3n) is 6.32. The molecule has 1 saturated heterocycles. The number of allylic oxidation sites excluding steroid dienone is 1. The standard InChI is InChI=1S/C25H31N5O/c1-3-30(17-21-8-4-5-10-24(21)20-9-6-7-19(2)15-20)18-23(16-27-30)28-22-11-13-29(14-12-22)25(26)31/h4-10,15-16,18,22,28H,3,11-14,17H2,1-2H3,(H-,26,31)/p+1. The Kier molecular flexibility index (Phi) is 6.09. The number of nitrogens with zero attached hydrogens (tertiary/aromatic N) is 3. The molecule has 2 amide bonds. The molecule has 0 aliphatic carbocycles. The molecule has 2 aliphatic rings. The van der Waals surface area contributed by atoms with Crippen molar-refractivity contribution >= 4 is 12.2 Å². The number of rotatable bonds is 6. The molecule has 162 valence electrons. The Morgan fingerprint density at radius 1 is 1.19 bits per heavy atom. The first-order valence-electron chi connectivity index (χ1n) is 11.1. The van der Waals surface area contributed by atoms with E-state index in [4.69, 9.17) is 10.8 Å². The molecular formula is C25H32N5O+. The number of urea groups is 1. The van der Waals surface area contributed by atoms with E-state index >= 15 is 0 Å². The summed E-state index contributed by atoms with van der Waals surface area (Å²) in [6, 6.07) is 17.3. The van der Waals surface area contributed by atoms with Gasteiger partial charge < -0.3 is 16.0 Å². The van der Waals surface area contributed by atoms with Crippen molar-refractivity contribution in [2.45, 2.75) is 39.3 Å². The highest BCUT2D eigenvalue weighted by atomic mass is 16.2. The van der Waals surface area contributed by atoms with Gasteiger partial charge in [-0.15, -0.1) is 0 Å². The molecule has 6 heteroatoms. The molecule has 2 aromatic carbocycles. The van der Waals surface area contributed by atoms with E-state index in [1.165, 1.54) is 22.3 Å². The minimum Gasteiger partial charge on any atom is -0.376 e. The SMILES string of the molecule is CC[N+]1(Cc2ccccc2-c2cccc(C)c2)C=C(NC2CCN(C(N)=O)CC2)C=N1. The van der Waals surface area contributed by atoms with Gasteiger partial charge in [-0.2, -0.15) is 4.59 Å². The van der Waals surface area contributed by atoms with Crippen LogP contribution in [0.25, 0.3) is 11.1 Å². The number of primary amides is 1. The molecule has 2 heterocycles. The minimum absolute atomic E-state index is 0.325. The quantitative estimate of drug-likeness (QED) is 0.697. The second kappa shape index (κ2) is 8.94. The summed E-state index contributed by atoms with van der Waals surface area (Å²) in [4.78, 5) is 13.1. The second-order valence-electron chi connectivity index (χ2n) is 8.56. The Bertz CT molecular complexity index is 1010. The van der Waals surface area contributed by atoms with E-state index in [0.29, 0.717) is 23.7 Å². The van der Waals surface area contributed by atoms with Gasteiger partial charge in [0.2, 0.25) is 0 Å². The minimum atomic E-state index is -0.325. The van der Waals surface area contributed by atoms with Crippen LogP contribution in [0.3, 0.4) is 0 Å². The van der Waals surface area contributed by atoms with E-state index in [9.17, 15) is 4.79 Å². The number of nitrogens with one attached hydrogen (secondary N) is 1. The molecule has 3 N–H and O–H groups in total. The molecular weight excluding hydrogens is 386 g/mol. The van der Waals surface area contributed by atoms with E-state index < -0.39 is 0 Å². The Hall–Kier alpha value is -3.12. The van der Waals surface area contributed by atoms with E-state index in [0.717, 1.165) is 31.6 Å². The van der Waals surface area contributed by atoms with Gasteiger partial charge in [-0.3, -0.25) is 0 Å². The Balaban J connectivity index is 1.49. The number of likely N-dealkylation sites (tertiary alicyclic amines) is 1. The van der Waals surface area contributed by atoms with Gasteiger partial charge in [0.1, 0.15) is 31.2 Å². The van der Waals surface area contributed by atoms with Gasteiger partial charge in [0.25, 0.3) is 0 Å². The van der Waals surface area contributed by atoms with Gasteiger partial charge in [-0.1, -0.05) is 59.2 Å². The third-order valence-corrected chi connectivity index (χ3v) is 6.32. The molecule has 0 bridgehead atoms. The number of aryl methyl sites for hydroxylation is 1. The van der Waals surface area contributed by atoms with Crippen molar-refractivity contribution in [2.75, 3.05) is 19.6 Å². The number of hydrogen-bond acceptors (Lipinski definition) is 3. The summed E-state index contributed by atoms with van der Waals surface area (Å²) in [6.07, 6.45) is 5.99. The van der Waals surface area contributed by atoms with Crippen LogP contribution in [-0.2, 0) is 6.54 Å². The predicted octanol–water partition coefficient (Wildman–Crippen LogP) is 3.97. The lowest BCUT2D eigenvalue weighted by molar-refractivity contribution is -0.895. The number of benzene rings is 2. The Morgan fingerprint density at radius 2 is 1.97 bits per heavy atom. The van der Waals surface area contributed by atoms with Crippen LogP contribution in [0.1, 0.15) is 30.9 Å². The first kappa shape index (κ1) is 21.1. The predicted molar refractivity (Wildman–Crippen MR) is 125 cm³/mol. The molecule has 0 aromatic heterocycles. The molecule has 6 nitrogen and oxygen atoms in total. The lowest BCUT2D eigenvalue weighted by atomic mass is 9.98. The van der Waals surface area contributed by atoms with Crippen molar-refractivity contribution in [3.05, 3.63) is 71.6 Å². The van der Waals surface area contributed by atoms with Crippen LogP contribution in [0.4, 0.5) is 4.79 Å². The molecule has 0 saturated carbocycles. The van der Waals surface area contributed by atoms with E-state index in [-0.39, 0.29) is 6.03 Å². The highest BCUT2D eigenvalue weighted by molar-refractivity contribution is 5.78. The second-order valence-corrected chi connectivity index (χ2v) is 8.56. The van der Waals surface area contributed by atoms with Gasteiger partial charge in [0.15, 0.2) is 0 Å². The number of hydrogen-bond donors (Lipinski definition) is 2. The fraction of sp³-hybridized carbons (Fsp3) is 0.360. The smallest absolute Gasteiger partial charge is 0.314 e. The zero-order valence-corrected chi connectivity index (χ0v) is 18.4. The summed E-state index contributed by atoms with van der Waals surface area (Å²) < 4.78 is 0.547. The summed E-state index contributed by atoms with van der Waals surface area (Å²) in [7, 11) is 0. The summed E-state index contributed by atoms with van der Waals surface area (Å²) in [5.74, 6) is 0. The number of quaternary nitrogens is 1. The van der Waals surface area contributed by atoms with Crippen molar-refractivity contribution in [1.29, 1.82) is 0 Å². The molecule has 4 rings (SSSR count). The van der Waals surface area contributed by atoms with Crippen LogP contribution < -0.4 is 11.1 Å². The van der Waals surface area contributed by atoms with Gasteiger partial charge >= 0.3 is 6.03 Å². The van der Waals surface area contributed by atoms with Crippen LogP contribution >= 0.6 is 0 Å². The normalized spacial score (nSPS) is 21.2. The molecule has 1 unspecified atom stereocenters. The molecule has 2 aromatic rings. The number of carbonyl (C=O) groups is 1. The summed E-state index contributed by atoms with van der Waals surface area (Å²) >= 11 is 0. The molecule has 1 atom stereocenters. The van der Waals surface area contributed by atoms with Crippen LogP contribution in [0.5, 0.6) is 0 Å². The van der Waals surface area contributed by atoms with E-state index in [1.54, 1.807) is 4.90 Å². The number of amides is 2. The topological polar surface area (TPSA) is 70.7 Å². The monoisotopic (exact) mass is 418 g/mol. The third kappa shape index (κ3) is 4.80. The highest BCUT2D eigenvalue weighted by Gasteiger charge is 2.31. The zero-order chi connectivity index (χ0) is 21.8. The lowest BCUT2D eigenvalue weighted by Gasteiger charge is -2.31. The molecule has 0 spiro atoms.